The van der Waals surface area contributed by atoms with Crippen LogP contribution in [0.5, 0.6) is 0 Å². The molecule has 0 aliphatic carbocycles. The Hall–Kier alpha value is -3.75. The highest BCUT2D eigenvalue weighted by molar-refractivity contribution is 6.01. The number of ether oxygens (including phenoxy) is 1. The molecule has 2 N–H and O–H groups in total. The molecule has 0 radical (unpaired) electrons. The lowest BCUT2D eigenvalue weighted by atomic mass is 9.95. The van der Waals surface area contributed by atoms with Gasteiger partial charge in [-0.15, -0.1) is 0 Å². The van der Waals surface area contributed by atoms with Gasteiger partial charge in [0.2, 0.25) is 0 Å². The molecule has 4 aromatic rings. The number of hydrogen-bond donors (Lipinski definition) is 2. The summed E-state index contributed by atoms with van der Waals surface area (Å²) >= 11 is 0. The summed E-state index contributed by atoms with van der Waals surface area (Å²) in [5.74, 6) is -0.538. The molecule has 39 heavy (non-hydrogen) atoms. The molecular formula is C31H34FN5O2. The van der Waals surface area contributed by atoms with Crippen LogP contribution in [0.4, 0.5) is 10.1 Å². The minimum atomic E-state index is -0.435. The summed E-state index contributed by atoms with van der Waals surface area (Å²) in [7, 11) is 0. The number of nitrogens with one attached hydrogen (secondary N) is 2. The Balaban J connectivity index is 1.18. The Morgan fingerprint density at radius 1 is 1.05 bits per heavy atom. The molecule has 2 fully saturated rings. The Bertz CT molecular complexity index is 1460. The molecule has 1 aromatic heterocycles. The molecule has 0 saturated carbocycles. The fraction of sp³-hybridized carbons (Fsp3) is 0.355. The van der Waals surface area contributed by atoms with Crippen LogP contribution in [0.1, 0.15) is 35.8 Å². The summed E-state index contributed by atoms with van der Waals surface area (Å²) in [6.07, 6.45) is 0. The van der Waals surface area contributed by atoms with Crippen molar-refractivity contribution in [3.05, 3.63) is 83.7 Å². The number of amides is 1. The number of carbonyl (C=O) groups excluding carboxylic acids is 1. The number of H-pyrrole nitrogens is 1. The molecule has 0 bridgehead atoms. The normalized spacial score (nSPS) is 17.4. The number of aromatic amines is 1. The van der Waals surface area contributed by atoms with Crippen LogP contribution in [-0.4, -0.2) is 66.4 Å². The fourth-order valence-electron chi connectivity index (χ4n) is 5.60. The van der Waals surface area contributed by atoms with Crippen molar-refractivity contribution < 1.29 is 13.9 Å². The number of nitrogens with zero attached hydrogens (tertiary/aromatic N) is 3. The van der Waals surface area contributed by atoms with Gasteiger partial charge in [0.05, 0.1) is 30.5 Å². The minimum absolute atomic E-state index is 0.0214. The summed E-state index contributed by atoms with van der Waals surface area (Å²) in [6, 6.07) is 20.7. The third kappa shape index (κ3) is 5.14. The topological polar surface area (TPSA) is 73.5 Å². The third-order valence-electron chi connectivity index (χ3n) is 7.95. The van der Waals surface area contributed by atoms with Gasteiger partial charge >= 0.3 is 0 Å². The molecular weight excluding hydrogens is 493 g/mol. The van der Waals surface area contributed by atoms with Crippen LogP contribution in [0.2, 0.25) is 0 Å². The predicted octanol–water partition coefficient (Wildman–Crippen LogP) is 5.02. The Kier molecular flexibility index (Phi) is 7.06. The van der Waals surface area contributed by atoms with Gasteiger partial charge in [0.25, 0.3) is 5.91 Å². The second-order valence-corrected chi connectivity index (χ2v) is 10.8. The lowest BCUT2D eigenvalue weighted by molar-refractivity contribution is 0.0105. The van der Waals surface area contributed by atoms with Crippen LogP contribution in [-0.2, 0) is 4.74 Å². The van der Waals surface area contributed by atoms with Crippen molar-refractivity contribution in [3.8, 4) is 11.3 Å². The van der Waals surface area contributed by atoms with Crippen LogP contribution in [0.25, 0.3) is 22.2 Å². The molecule has 1 amide bonds. The number of carbonyl (C=O) groups is 1. The number of hydrogen-bond acceptors (Lipinski definition) is 5. The predicted molar refractivity (Wildman–Crippen MR) is 151 cm³/mol. The average Bonchev–Trinajstić information content (AvgIpc) is 3.35. The number of benzene rings is 3. The Morgan fingerprint density at radius 2 is 1.79 bits per heavy atom. The van der Waals surface area contributed by atoms with E-state index in [1.807, 2.05) is 26.0 Å². The lowest BCUT2D eigenvalue weighted by Gasteiger charge is -2.47. The van der Waals surface area contributed by atoms with E-state index in [1.165, 1.54) is 11.8 Å². The number of morpholine rings is 1. The van der Waals surface area contributed by atoms with Gasteiger partial charge in [0.1, 0.15) is 5.82 Å². The van der Waals surface area contributed by atoms with E-state index in [1.54, 1.807) is 24.3 Å². The Labute approximate surface area is 228 Å². The van der Waals surface area contributed by atoms with Crippen LogP contribution >= 0.6 is 0 Å². The highest BCUT2D eigenvalue weighted by Gasteiger charge is 2.32. The lowest BCUT2D eigenvalue weighted by Crippen LogP contribution is -2.61. The molecule has 2 saturated heterocycles. The molecule has 2 aliphatic rings. The van der Waals surface area contributed by atoms with Crippen molar-refractivity contribution in [3.63, 3.8) is 0 Å². The number of rotatable bonds is 7. The molecule has 202 valence electrons. The second kappa shape index (κ2) is 10.8. The van der Waals surface area contributed by atoms with E-state index in [0.717, 1.165) is 61.6 Å². The second-order valence-electron chi connectivity index (χ2n) is 10.8. The van der Waals surface area contributed by atoms with E-state index in [2.05, 4.69) is 49.6 Å². The SMILES string of the molecule is CC(C)[C@H](NC(=O)c1ccc2[nH]nc(-c3ccc(N4CC(N5CCOCC5)C4)cc3)c2c1)c1ccccc1F. The van der Waals surface area contributed by atoms with Gasteiger partial charge in [-0.3, -0.25) is 14.8 Å². The summed E-state index contributed by atoms with van der Waals surface area (Å²) in [5, 5.41) is 11.6. The third-order valence-corrected chi connectivity index (χ3v) is 7.95. The number of halogens is 1. The molecule has 6 rings (SSSR count). The van der Waals surface area contributed by atoms with Crippen molar-refractivity contribution in [1.29, 1.82) is 0 Å². The molecule has 3 aromatic carbocycles. The van der Waals surface area contributed by atoms with Crippen molar-refractivity contribution in [2.45, 2.75) is 25.9 Å². The summed E-state index contributed by atoms with van der Waals surface area (Å²) < 4.78 is 20.0. The first-order valence-electron chi connectivity index (χ1n) is 13.7. The number of aromatic nitrogens is 2. The summed E-state index contributed by atoms with van der Waals surface area (Å²) in [4.78, 5) is 18.2. The van der Waals surface area contributed by atoms with Gasteiger partial charge in [-0.25, -0.2) is 4.39 Å². The zero-order valence-electron chi connectivity index (χ0n) is 22.4. The van der Waals surface area contributed by atoms with Crippen LogP contribution in [0.15, 0.2) is 66.7 Å². The Morgan fingerprint density at radius 3 is 2.51 bits per heavy atom. The fourth-order valence-corrected chi connectivity index (χ4v) is 5.60. The van der Waals surface area contributed by atoms with Crippen molar-refractivity contribution >= 4 is 22.5 Å². The molecule has 0 unspecified atom stereocenters. The minimum Gasteiger partial charge on any atom is -0.379 e. The first kappa shape index (κ1) is 25.5. The maximum absolute atomic E-state index is 14.5. The zero-order chi connectivity index (χ0) is 26.9. The van der Waals surface area contributed by atoms with Gasteiger partial charge in [0.15, 0.2) is 0 Å². The monoisotopic (exact) mass is 527 g/mol. The van der Waals surface area contributed by atoms with Crippen molar-refractivity contribution in [2.24, 2.45) is 5.92 Å². The van der Waals surface area contributed by atoms with Gasteiger partial charge in [0, 0.05) is 60.0 Å². The highest BCUT2D eigenvalue weighted by atomic mass is 19.1. The van der Waals surface area contributed by atoms with E-state index < -0.39 is 6.04 Å². The van der Waals surface area contributed by atoms with Gasteiger partial charge in [-0.05, 0) is 42.3 Å². The van der Waals surface area contributed by atoms with Crippen LogP contribution < -0.4 is 10.2 Å². The quantitative estimate of drug-likeness (QED) is 0.353. The van der Waals surface area contributed by atoms with Crippen LogP contribution in [0, 0.1) is 11.7 Å². The largest absolute Gasteiger partial charge is 0.379 e. The summed E-state index contributed by atoms with van der Waals surface area (Å²) in [6.45, 7) is 9.71. The highest BCUT2D eigenvalue weighted by Crippen LogP contribution is 2.31. The first-order chi connectivity index (χ1) is 19.0. The van der Waals surface area contributed by atoms with E-state index in [4.69, 9.17) is 4.74 Å². The smallest absolute Gasteiger partial charge is 0.251 e. The van der Waals surface area contributed by atoms with E-state index in [9.17, 15) is 9.18 Å². The van der Waals surface area contributed by atoms with Gasteiger partial charge in [-0.2, -0.15) is 5.10 Å². The molecule has 2 aliphatic heterocycles. The number of anilines is 1. The van der Waals surface area contributed by atoms with Crippen LogP contribution in [0.3, 0.4) is 0 Å². The van der Waals surface area contributed by atoms with Gasteiger partial charge in [-0.1, -0.05) is 44.2 Å². The molecule has 0 spiro atoms. The zero-order valence-corrected chi connectivity index (χ0v) is 22.4. The molecule has 8 heteroatoms. The molecule has 7 nitrogen and oxygen atoms in total. The van der Waals surface area contributed by atoms with Crippen molar-refractivity contribution in [2.75, 3.05) is 44.3 Å². The number of fused-ring (bicyclic) bond motifs is 1. The maximum Gasteiger partial charge on any atom is 0.251 e. The maximum atomic E-state index is 14.5. The summed E-state index contributed by atoms with van der Waals surface area (Å²) in [5.41, 5.74) is 4.85. The van der Waals surface area contributed by atoms with E-state index in [0.29, 0.717) is 17.2 Å². The molecule has 1 atom stereocenters. The molecule has 3 heterocycles. The van der Waals surface area contributed by atoms with E-state index in [-0.39, 0.29) is 17.6 Å². The standard InChI is InChI=1S/C31H34FN5O2/c1-20(2)29(25-5-3-4-6-27(25)32)33-31(38)22-9-12-28-26(17-22)30(35-34-28)21-7-10-23(11-8-21)37-18-24(19-37)36-13-15-39-16-14-36/h3-12,17,20,24,29H,13-16,18-19H2,1-2H3,(H,33,38)(H,34,35)/t29-/m0/s1. The average molecular weight is 528 g/mol. The van der Waals surface area contributed by atoms with Gasteiger partial charge < -0.3 is 15.0 Å². The first-order valence-corrected chi connectivity index (χ1v) is 13.7. The van der Waals surface area contributed by atoms with Crippen molar-refractivity contribution in [1.82, 2.24) is 20.4 Å². The van der Waals surface area contributed by atoms with E-state index >= 15 is 0 Å².